The number of fused-ring (bicyclic) bond motifs is 1. The van der Waals surface area contributed by atoms with Crippen LogP contribution in [0, 0.1) is 5.92 Å². The second-order valence-corrected chi connectivity index (χ2v) is 5.84. The molecule has 0 saturated heterocycles. The van der Waals surface area contributed by atoms with Crippen molar-refractivity contribution >= 4 is 22.7 Å². The summed E-state index contributed by atoms with van der Waals surface area (Å²) in [5, 5.41) is 0.759. The zero-order chi connectivity index (χ0) is 14.8. The van der Waals surface area contributed by atoms with Gasteiger partial charge < -0.3 is 16.2 Å². The van der Waals surface area contributed by atoms with Crippen LogP contribution in [0.5, 0.6) is 5.75 Å². The summed E-state index contributed by atoms with van der Waals surface area (Å²) in [5.41, 5.74) is 12.4. The fourth-order valence-electron chi connectivity index (χ4n) is 3.20. The molecule has 1 atom stereocenters. The van der Waals surface area contributed by atoms with Crippen LogP contribution in [0.15, 0.2) is 18.2 Å². The van der Waals surface area contributed by atoms with Crippen molar-refractivity contribution in [2.75, 3.05) is 11.5 Å². The molecule has 112 valence electrons. The summed E-state index contributed by atoms with van der Waals surface area (Å²) in [7, 11) is 0. The summed E-state index contributed by atoms with van der Waals surface area (Å²) >= 11 is 0. The lowest BCUT2D eigenvalue weighted by Gasteiger charge is -2.28. The fraction of sp³-hybridized carbons (Fsp3) is 0.500. The van der Waals surface area contributed by atoms with Crippen molar-refractivity contribution in [3.63, 3.8) is 0 Å². The lowest BCUT2D eigenvalue weighted by molar-refractivity contribution is 0.125. The highest BCUT2D eigenvalue weighted by Crippen LogP contribution is 2.33. The minimum absolute atomic E-state index is 0.174. The molecule has 1 heterocycles. The van der Waals surface area contributed by atoms with Crippen LogP contribution in [0.4, 0.5) is 11.8 Å². The predicted octanol–water partition coefficient (Wildman–Crippen LogP) is 3.14. The van der Waals surface area contributed by atoms with E-state index in [0.717, 1.165) is 16.7 Å². The van der Waals surface area contributed by atoms with Crippen molar-refractivity contribution in [2.45, 2.75) is 45.1 Å². The summed E-state index contributed by atoms with van der Waals surface area (Å²) in [6.07, 6.45) is 6.60. The average molecular weight is 286 g/mol. The quantitative estimate of drug-likeness (QED) is 0.905. The Labute approximate surface area is 124 Å². The van der Waals surface area contributed by atoms with Gasteiger partial charge in [0.25, 0.3) is 0 Å². The van der Waals surface area contributed by atoms with Crippen LogP contribution in [-0.2, 0) is 0 Å². The Morgan fingerprint density at radius 1 is 1.14 bits per heavy atom. The number of nitrogen functional groups attached to an aromatic ring is 2. The number of hydrogen-bond acceptors (Lipinski definition) is 5. The van der Waals surface area contributed by atoms with Crippen LogP contribution in [0.2, 0.25) is 0 Å². The summed E-state index contributed by atoms with van der Waals surface area (Å²) in [5.74, 6) is 1.94. The van der Waals surface area contributed by atoms with Gasteiger partial charge in [0.15, 0.2) is 0 Å². The van der Waals surface area contributed by atoms with Crippen LogP contribution in [0.3, 0.4) is 0 Å². The maximum absolute atomic E-state index is 6.19. The van der Waals surface area contributed by atoms with Crippen LogP contribution >= 0.6 is 0 Å². The van der Waals surface area contributed by atoms with Gasteiger partial charge in [0, 0.05) is 0 Å². The van der Waals surface area contributed by atoms with Crippen molar-refractivity contribution in [2.24, 2.45) is 5.92 Å². The van der Waals surface area contributed by atoms with E-state index in [4.69, 9.17) is 16.2 Å². The first kappa shape index (κ1) is 13.9. The number of hydrogen-bond donors (Lipinski definition) is 2. The number of nitrogens with two attached hydrogens (primary N) is 2. The second-order valence-electron chi connectivity index (χ2n) is 5.84. The van der Waals surface area contributed by atoms with E-state index in [9.17, 15) is 0 Å². The molecule has 1 aliphatic carbocycles. The van der Waals surface area contributed by atoms with Crippen molar-refractivity contribution in [1.82, 2.24) is 9.97 Å². The molecular weight excluding hydrogens is 264 g/mol. The Hall–Kier alpha value is -2.04. The number of benzene rings is 1. The molecule has 2 aromatic rings. The third-order valence-electron chi connectivity index (χ3n) is 4.36. The number of aromatic nitrogens is 2. The zero-order valence-electron chi connectivity index (χ0n) is 12.4. The van der Waals surface area contributed by atoms with E-state index >= 15 is 0 Å². The Morgan fingerprint density at radius 3 is 2.67 bits per heavy atom. The summed E-state index contributed by atoms with van der Waals surface area (Å²) in [4.78, 5) is 8.27. The maximum atomic E-state index is 6.19. The average Bonchev–Trinajstić information content (AvgIpc) is 2.47. The van der Waals surface area contributed by atoms with Crippen molar-refractivity contribution in [3.05, 3.63) is 18.2 Å². The first-order chi connectivity index (χ1) is 10.1. The Morgan fingerprint density at radius 2 is 1.90 bits per heavy atom. The van der Waals surface area contributed by atoms with E-state index in [-0.39, 0.29) is 12.1 Å². The molecule has 0 spiro atoms. The summed E-state index contributed by atoms with van der Waals surface area (Å²) in [6, 6.07) is 5.72. The molecule has 21 heavy (non-hydrogen) atoms. The first-order valence-corrected chi connectivity index (χ1v) is 7.63. The van der Waals surface area contributed by atoms with Crippen molar-refractivity contribution < 1.29 is 4.74 Å². The van der Waals surface area contributed by atoms with Gasteiger partial charge in [-0.05, 0) is 37.8 Å². The Balaban J connectivity index is 1.89. The molecule has 1 fully saturated rings. The van der Waals surface area contributed by atoms with Crippen LogP contribution < -0.4 is 16.2 Å². The molecule has 3 rings (SSSR count). The first-order valence-electron chi connectivity index (χ1n) is 7.63. The van der Waals surface area contributed by atoms with Crippen LogP contribution in [0.1, 0.15) is 39.0 Å². The molecule has 1 aromatic heterocycles. The van der Waals surface area contributed by atoms with E-state index in [1.807, 2.05) is 18.2 Å². The smallest absolute Gasteiger partial charge is 0.222 e. The number of nitrogens with zero attached hydrogens (tertiary/aromatic N) is 2. The number of anilines is 2. The molecule has 0 aliphatic heterocycles. The molecule has 0 unspecified atom stereocenters. The van der Waals surface area contributed by atoms with Gasteiger partial charge in [-0.15, -0.1) is 0 Å². The lowest BCUT2D eigenvalue weighted by atomic mass is 9.86. The minimum atomic E-state index is 0.174. The largest absolute Gasteiger partial charge is 0.490 e. The van der Waals surface area contributed by atoms with Gasteiger partial charge in [-0.1, -0.05) is 25.3 Å². The molecule has 0 radical (unpaired) electrons. The van der Waals surface area contributed by atoms with E-state index in [2.05, 4.69) is 16.9 Å². The van der Waals surface area contributed by atoms with Gasteiger partial charge in [-0.25, -0.2) is 4.98 Å². The van der Waals surface area contributed by atoms with E-state index in [1.54, 1.807) is 0 Å². The topological polar surface area (TPSA) is 87.0 Å². The SMILES string of the molecule is C[C@H](Oc1cccc2nc(N)nc(N)c12)C1CCCCC1. The van der Waals surface area contributed by atoms with Crippen molar-refractivity contribution in [1.29, 1.82) is 0 Å². The third kappa shape index (κ3) is 2.86. The molecule has 1 saturated carbocycles. The second kappa shape index (κ2) is 5.76. The summed E-state index contributed by atoms with van der Waals surface area (Å²) < 4.78 is 6.19. The fourth-order valence-corrected chi connectivity index (χ4v) is 3.20. The predicted molar refractivity (Wildman–Crippen MR) is 85.0 cm³/mol. The van der Waals surface area contributed by atoms with E-state index < -0.39 is 0 Å². The van der Waals surface area contributed by atoms with Crippen LogP contribution in [0.25, 0.3) is 10.9 Å². The van der Waals surface area contributed by atoms with Gasteiger partial charge in [0.1, 0.15) is 11.6 Å². The van der Waals surface area contributed by atoms with E-state index in [0.29, 0.717) is 11.7 Å². The Kier molecular flexibility index (Phi) is 3.82. The monoisotopic (exact) mass is 286 g/mol. The molecule has 5 nitrogen and oxygen atoms in total. The lowest BCUT2D eigenvalue weighted by Crippen LogP contribution is -2.25. The highest BCUT2D eigenvalue weighted by molar-refractivity contribution is 5.94. The van der Waals surface area contributed by atoms with Gasteiger partial charge in [-0.2, -0.15) is 4.98 Å². The third-order valence-corrected chi connectivity index (χ3v) is 4.36. The molecular formula is C16H22N4O. The normalized spacial score (nSPS) is 17.8. The molecule has 5 heteroatoms. The van der Waals surface area contributed by atoms with Crippen LogP contribution in [-0.4, -0.2) is 16.1 Å². The molecule has 1 aromatic carbocycles. The van der Waals surface area contributed by atoms with Crippen molar-refractivity contribution in [3.8, 4) is 5.75 Å². The minimum Gasteiger partial charge on any atom is -0.490 e. The number of ether oxygens (including phenoxy) is 1. The molecule has 1 aliphatic rings. The highest BCUT2D eigenvalue weighted by atomic mass is 16.5. The Bertz CT molecular complexity index is 637. The molecule has 0 bridgehead atoms. The maximum Gasteiger partial charge on any atom is 0.222 e. The van der Waals surface area contributed by atoms with Gasteiger partial charge in [0.05, 0.1) is 17.0 Å². The van der Waals surface area contributed by atoms with Gasteiger partial charge in [0.2, 0.25) is 5.95 Å². The van der Waals surface area contributed by atoms with Gasteiger partial charge >= 0.3 is 0 Å². The number of rotatable bonds is 3. The highest BCUT2D eigenvalue weighted by Gasteiger charge is 2.22. The molecule has 0 amide bonds. The standard InChI is InChI=1S/C16H22N4O/c1-10(11-6-3-2-4-7-11)21-13-9-5-8-12-14(13)15(17)20-16(18)19-12/h5,8-11H,2-4,6-7H2,1H3,(H4,17,18,19,20)/t10-/m0/s1. The van der Waals surface area contributed by atoms with Gasteiger partial charge in [-0.3, -0.25) is 0 Å². The molecule has 4 N–H and O–H groups in total. The van der Waals surface area contributed by atoms with E-state index in [1.165, 1.54) is 32.1 Å². The summed E-state index contributed by atoms with van der Waals surface area (Å²) in [6.45, 7) is 2.14. The zero-order valence-corrected chi connectivity index (χ0v) is 12.4.